The average Bonchev–Trinajstić information content (AvgIpc) is 2.72. The minimum absolute atomic E-state index is 0.0672. The number of aromatic nitrogens is 2. The van der Waals surface area contributed by atoms with Crippen LogP contribution < -0.4 is 21.5 Å². The maximum Gasteiger partial charge on any atom is 0.253 e. The summed E-state index contributed by atoms with van der Waals surface area (Å²) in [7, 11) is 0. The number of amides is 1. The van der Waals surface area contributed by atoms with Crippen LogP contribution in [0.3, 0.4) is 0 Å². The van der Waals surface area contributed by atoms with E-state index >= 15 is 0 Å². The molecule has 150 valence electrons. The summed E-state index contributed by atoms with van der Waals surface area (Å²) in [5, 5.41) is 3.47. The number of H-pyrrole nitrogens is 1. The van der Waals surface area contributed by atoms with Crippen molar-refractivity contribution in [3.63, 3.8) is 0 Å². The van der Waals surface area contributed by atoms with E-state index in [4.69, 9.17) is 5.73 Å². The van der Waals surface area contributed by atoms with Crippen molar-refractivity contribution in [1.82, 2.24) is 15.3 Å². The lowest BCUT2D eigenvalue weighted by atomic mass is 10.1. The highest BCUT2D eigenvalue weighted by atomic mass is 19.1. The first kappa shape index (κ1) is 19.1. The molecule has 0 spiro atoms. The Kier molecular flexibility index (Phi) is 5.26. The van der Waals surface area contributed by atoms with Crippen LogP contribution in [0, 0.1) is 5.82 Å². The van der Waals surface area contributed by atoms with Gasteiger partial charge in [-0.3, -0.25) is 9.59 Å². The van der Waals surface area contributed by atoms with Crippen molar-refractivity contribution in [3.05, 3.63) is 69.9 Å². The molecule has 7 nitrogen and oxygen atoms in total. The standard InChI is InChI=1S/C21H22FN5O2/c22-16-2-1-13-9-15(21(29)26-18(13)11-16)12-25-20(28)14-3-6-24-19(10-14)27-7-4-17(23)5-8-27/h1-3,6,9-11,17H,4-5,7-8,12,23H2,(H,25,28)(H,26,29). The predicted octanol–water partition coefficient (Wildman–Crippen LogP) is 1.92. The molecule has 0 bridgehead atoms. The molecule has 1 saturated heterocycles. The van der Waals surface area contributed by atoms with E-state index in [-0.39, 0.29) is 24.1 Å². The van der Waals surface area contributed by atoms with Gasteiger partial charge in [0.25, 0.3) is 11.5 Å². The fourth-order valence-corrected chi connectivity index (χ4v) is 3.49. The zero-order chi connectivity index (χ0) is 20.4. The van der Waals surface area contributed by atoms with Gasteiger partial charge in [-0.05, 0) is 54.6 Å². The smallest absolute Gasteiger partial charge is 0.253 e. The van der Waals surface area contributed by atoms with Crippen molar-refractivity contribution in [3.8, 4) is 0 Å². The molecule has 8 heteroatoms. The van der Waals surface area contributed by atoms with Gasteiger partial charge in [-0.1, -0.05) is 0 Å². The van der Waals surface area contributed by atoms with Gasteiger partial charge in [-0.15, -0.1) is 0 Å². The molecule has 0 aliphatic carbocycles. The van der Waals surface area contributed by atoms with E-state index in [2.05, 4.69) is 20.2 Å². The zero-order valence-electron chi connectivity index (χ0n) is 15.8. The Balaban J connectivity index is 1.47. The Morgan fingerprint density at radius 2 is 2.03 bits per heavy atom. The van der Waals surface area contributed by atoms with Crippen LogP contribution in [0.15, 0.2) is 47.4 Å². The SMILES string of the molecule is NC1CCN(c2cc(C(=O)NCc3cc4ccc(F)cc4[nH]c3=O)ccn2)CC1. The van der Waals surface area contributed by atoms with Crippen molar-refractivity contribution in [2.45, 2.75) is 25.4 Å². The maximum atomic E-state index is 13.3. The number of carbonyl (C=O) groups is 1. The number of nitrogens with one attached hydrogen (secondary N) is 2. The molecular formula is C21H22FN5O2. The van der Waals surface area contributed by atoms with Gasteiger partial charge >= 0.3 is 0 Å². The van der Waals surface area contributed by atoms with E-state index in [0.717, 1.165) is 31.7 Å². The summed E-state index contributed by atoms with van der Waals surface area (Å²) in [6.45, 7) is 1.69. The third-order valence-corrected chi connectivity index (χ3v) is 5.20. The molecule has 1 aliphatic heterocycles. The molecule has 0 radical (unpaired) electrons. The van der Waals surface area contributed by atoms with Crippen LogP contribution in [0.5, 0.6) is 0 Å². The van der Waals surface area contributed by atoms with Gasteiger partial charge in [-0.25, -0.2) is 9.37 Å². The van der Waals surface area contributed by atoms with Crippen molar-refractivity contribution < 1.29 is 9.18 Å². The highest BCUT2D eigenvalue weighted by Gasteiger charge is 2.18. The van der Waals surface area contributed by atoms with Crippen LogP contribution in [0.2, 0.25) is 0 Å². The van der Waals surface area contributed by atoms with Crippen molar-refractivity contribution in [2.24, 2.45) is 5.73 Å². The number of aromatic amines is 1. The lowest BCUT2D eigenvalue weighted by Gasteiger charge is -2.31. The topological polar surface area (TPSA) is 104 Å². The summed E-state index contributed by atoms with van der Waals surface area (Å²) in [5.74, 6) is 0.0366. The normalized spacial score (nSPS) is 14.9. The molecule has 0 atom stereocenters. The van der Waals surface area contributed by atoms with Gasteiger partial charge in [0.05, 0.1) is 5.52 Å². The van der Waals surface area contributed by atoms with Gasteiger partial charge in [-0.2, -0.15) is 0 Å². The van der Waals surface area contributed by atoms with E-state index in [1.165, 1.54) is 12.1 Å². The van der Waals surface area contributed by atoms with Crippen LogP contribution in [0.25, 0.3) is 10.9 Å². The second-order valence-corrected chi connectivity index (χ2v) is 7.27. The fraction of sp³-hybridized carbons (Fsp3) is 0.286. The summed E-state index contributed by atoms with van der Waals surface area (Å²) in [5.41, 5.74) is 6.88. The van der Waals surface area contributed by atoms with Crippen molar-refractivity contribution in [1.29, 1.82) is 0 Å². The van der Waals surface area contributed by atoms with E-state index in [1.54, 1.807) is 30.5 Å². The molecule has 4 N–H and O–H groups in total. The van der Waals surface area contributed by atoms with Crippen LogP contribution in [-0.2, 0) is 6.54 Å². The Hall–Kier alpha value is -3.26. The molecule has 1 amide bonds. The number of hydrogen-bond donors (Lipinski definition) is 3. The highest BCUT2D eigenvalue weighted by Crippen LogP contribution is 2.18. The molecule has 1 aromatic carbocycles. The minimum atomic E-state index is -0.418. The Morgan fingerprint density at radius 3 is 2.83 bits per heavy atom. The lowest BCUT2D eigenvalue weighted by molar-refractivity contribution is 0.0950. The maximum absolute atomic E-state index is 13.3. The quantitative estimate of drug-likeness (QED) is 0.626. The number of fused-ring (bicyclic) bond motifs is 1. The largest absolute Gasteiger partial charge is 0.356 e. The summed E-state index contributed by atoms with van der Waals surface area (Å²) in [6, 6.07) is 9.45. The van der Waals surface area contributed by atoms with E-state index in [9.17, 15) is 14.0 Å². The first-order chi connectivity index (χ1) is 14.0. The van der Waals surface area contributed by atoms with Crippen molar-refractivity contribution >= 4 is 22.6 Å². The molecule has 4 rings (SSSR count). The molecule has 2 aromatic heterocycles. The Bertz CT molecular complexity index is 1110. The van der Waals surface area contributed by atoms with Crippen LogP contribution in [-0.4, -0.2) is 35.0 Å². The van der Waals surface area contributed by atoms with Gasteiger partial charge in [0.1, 0.15) is 11.6 Å². The number of hydrogen-bond acceptors (Lipinski definition) is 5. The molecule has 1 aliphatic rings. The fourth-order valence-electron chi connectivity index (χ4n) is 3.49. The van der Waals surface area contributed by atoms with E-state index in [0.29, 0.717) is 22.0 Å². The molecule has 3 heterocycles. The number of benzene rings is 1. The summed E-state index contributed by atoms with van der Waals surface area (Å²) < 4.78 is 13.3. The van der Waals surface area contributed by atoms with Gasteiger partial charge < -0.3 is 20.9 Å². The number of carbonyl (C=O) groups excluding carboxylic acids is 1. The van der Waals surface area contributed by atoms with Crippen molar-refractivity contribution in [2.75, 3.05) is 18.0 Å². The number of rotatable bonds is 4. The van der Waals surface area contributed by atoms with Crippen LogP contribution in [0.1, 0.15) is 28.8 Å². The van der Waals surface area contributed by atoms with Gasteiger partial charge in [0, 0.05) is 43.0 Å². The first-order valence-corrected chi connectivity index (χ1v) is 9.56. The van der Waals surface area contributed by atoms with Crippen LogP contribution >= 0.6 is 0 Å². The number of anilines is 1. The Labute approximate surface area is 166 Å². The number of piperidine rings is 1. The zero-order valence-corrected chi connectivity index (χ0v) is 15.8. The predicted molar refractivity (Wildman–Crippen MR) is 109 cm³/mol. The summed E-state index contributed by atoms with van der Waals surface area (Å²) >= 11 is 0. The monoisotopic (exact) mass is 395 g/mol. The summed E-state index contributed by atoms with van der Waals surface area (Å²) in [4.78, 5) is 33.9. The van der Waals surface area contributed by atoms with Crippen LogP contribution in [0.4, 0.5) is 10.2 Å². The number of nitrogens with zero attached hydrogens (tertiary/aromatic N) is 2. The molecule has 3 aromatic rings. The molecule has 0 saturated carbocycles. The lowest BCUT2D eigenvalue weighted by Crippen LogP contribution is -2.40. The average molecular weight is 395 g/mol. The highest BCUT2D eigenvalue weighted by molar-refractivity contribution is 5.94. The molecule has 1 fully saturated rings. The number of nitrogens with two attached hydrogens (primary N) is 1. The van der Waals surface area contributed by atoms with E-state index in [1.807, 2.05) is 0 Å². The minimum Gasteiger partial charge on any atom is -0.356 e. The molecule has 29 heavy (non-hydrogen) atoms. The first-order valence-electron chi connectivity index (χ1n) is 9.56. The van der Waals surface area contributed by atoms with Gasteiger partial charge in [0.2, 0.25) is 0 Å². The third kappa shape index (κ3) is 4.27. The van der Waals surface area contributed by atoms with E-state index < -0.39 is 5.82 Å². The molecule has 0 unspecified atom stereocenters. The molecular weight excluding hydrogens is 373 g/mol. The second-order valence-electron chi connectivity index (χ2n) is 7.27. The second kappa shape index (κ2) is 8.00. The third-order valence-electron chi connectivity index (χ3n) is 5.20. The summed E-state index contributed by atoms with van der Waals surface area (Å²) in [6.07, 6.45) is 3.40. The Morgan fingerprint density at radius 1 is 1.24 bits per heavy atom. The van der Waals surface area contributed by atoms with Gasteiger partial charge in [0.15, 0.2) is 0 Å². The number of pyridine rings is 2. The number of halogens is 1.